The topological polar surface area (TPSA) is 36.1 Å². The van der Waals surface area contributed by atoms with Crippen LogP contribution in [-0.2, 0) is 12.8 Å². The van der Waals surface area contributed by atoms with Crippen LogP contribution in [0.25, 0.3) is 10.9 Å². The summed E-state index contributed by atoms with van der Waals surface area (Å²) in [5.74, 6) is 0.703. The van der Waals surface area contributed by atoms with E-state index < -0.39 is 0 Å². The zero-order chi connectivity index (χ0) is 18.0. The van der Waals surface area contributed by atoms with Crippen LogP contribution in [-0.4, -0.2) is 34.8 Å². The molecule has 136 valence electrons. The molecule has 3 heteroatoms. The first kappa shape index (κ1) is 18.2. The fourth-order valence-corrected chi connectivity index (χ4v) is 4.36. The number of carbonyl (C=O) groups excluding carboxylic acids is 1. The molecule has 1 aromatic carbocycles. The summed E-state index contributed by atoms with van der Waals surface area (Å²) in [5.41, 5.74) is 4.81. The minimum Gasteiger partial charge on any atom is -0.361 e. The Balaban J connectivity index is 1.99. The lowest BCUT2D eigenvalue weighted by Gasteiger charge is -2.34. The van der Waals surface area contributed by atoms with Crippen molar-refractivity contribution in [2.75, 3.05) is 13.1 Å². The van der Waals surface area contributed by atoms with Crippen molar-refractivity contribution in [3.8, 4) is 0 Å². The van der Waals surface area contributed by atoms with E-state index in [9.17, 15) is 4.79 Å². The number of H-pyrrole nitrogens is 1. The molecular weight excluding hydrogens is 308 g/mol. The predicted octanol–water partition coefficient (Wildman–Crippen LogP) is 4.99. The van der Waals surface area contributed by atoms with Crippen LogP contribution in [0.15, 0.2) is 18.3 Å². The molecule has 1 N–H and O–H groups in total. The first-order chi connectivity index (χ1) is 12.0. The summed E-state index contributed by atoms with van der Waals surface area (Å²) in [4.78, 5) is 18.9. The highest BCUT2D eigenvalue weighted by atomic mass is 16.1. The summed E-state index contributed by atoms with van der Waals surface area (Å²) in [7, 11) is 0. The van der Waals surface area contributed by atoms with E-state index in [-0.39, 0.29) is 0 Å². The molecule has 0 radical (unpaired) electrons. The highest BCUT2D eigenvalue weighted by Gasteiger charge is 2.29. The zero-order valence-corrected chi connectivity index (χ0v) is 16.2. The molecule has 1 aliphatic carbocycles. The Bertz CT molecular complexity index is 738. The normalized spacial score (nSPS) is 17.0. The van der Waals surface area contributed by atoms with Crippen LogP contribution in [0.4, 0.5) is 0 Å². The monoisotopic (exact) mass is 340 g/mol. The molecule has 1 heterocycles. The first-order valence-electron chi connectivity index (χ1n) is 9.94. The van der Waals surface area contributed by atoms with Gasteiger partial charge in [0.25, 0.3) is 0 Å². The van der Waals surface area contributed by atoms with E-state index in [0.29, 0.717) is 24.2 Å². The van der Waals surface area contributed by atoms with E-state index in [2.05, 4.69) is 55.9 Å². The van der Waals surface area contributed by atoms with Gasteiger partial charge in [-0.05, 0) is 68.0 Å². The summed E-state index contributed by atoms with van der Waals surface area (Å²) in [6.07, 6.45) is 7.25. The molecule has 0 amide bonds. The maximum atomic E-state index is 12.8. The summed E-state index contributed by atoms with van der Waals surface area (Å²) in [6, 6.07) is 4.65. The van der Waals surface area contributed by atoms with Gasteiger partial charge in [0, 0.05) is 35.1 Å². The molecule has 0 saturated heterocycles. The van der Waals surface area contributed by atoms with Crippen LogP contribution in [0.3, 0.4) is 0 Å². The Hall–Kier alpha value is -1.61. The van der Waals surface area contributed by atoms with Crippen molar-refractivity contribution in [1.82, 2.24) is 9.88 Å². The molecule has 0 spiro atoms. The van der Waals surface area contributed by atoms with Gasteiger partial charge in [-0.3, -0.25) is 9.69 Å². The van der Waals surface area contributed by atoms with Gasteiger partial charge in [-0.1, -0.05) is 27.7 Å². The molecule has 3 rings (SSSR count). The number of aromatic amines is 1. The minimum absolute atomic E-state index is 0.303. The molecule has 3 nitrogen and oxygen atoms in total. The van der Waals surface area contributed by atoms with E-state index in [4.69, 9.17) is 0 Å². The molecule has 0 fully saturated rings. The van der Waals surface area contributed by atoms with Crippen LogP contribution in [0, 0.1) is 5.92 Å². The smallest absolute Gasteiger partial charge is 0.163 e. The van der Waals surface area contributed by atoms with Crippen molar-refractivity contribution in [2.45, 2.75) is 65.8 Å². The number of hydrogen-bond donors (Lipinski definition) is 1. The third-order valence-corrected chi connectivity index (χ3v) is 5.36. The van der Waals surface area contributed by atoms with E-state index in [0.717, 1.165) is 31.5 Å². The van der Waals surface area contributed by atoms with E-state index in [1.807, 2.05) is 0 Å². The number of aromatic nitrogens is 1. The standard InChI is InChI=1S/C22H32N2O/c1-5-9-24(10-6-2)17-12-16-14-23-20-8-7-18(19(13-17)22(16)20)21(25)11-15(3)4/h7-8,14-15,17,23H,5-6,9-13H2,1-4H3. The lowest BCUT2D eigenvalue weighted by Crippen LogP contribution is -2.41. The molecule has 1 atom stereocenters. The lowest BCUT2D eigenvalue weighted by molar-refractivity contribution is 0.0966. The highest BCUT2D eigenvalue weighted by molar-refractivity contribution is 6.03. The van der Waals surface area contributed by atoms with Crippen LogP contribution in [0.2, 0.25) is 0 Å². The molecule has 25 heavy (non-hydrogen) atoms. The second-order valence-corrected chi connectivity index (χ2v) is 7.95. The van der Waals surface area contributed by atoms with Gasteiger partial charge in [-0.25, -0.2) is 0 Å². The van der Waals surface area contributed by atoms with Gasteiger partial charge in [-0.2, -0.15) is 0 Å². The van der Waals surface area contributed by atoms with Crippen molar-refractivity contribution in [1.29, 1.82) is 0 Å². The summed E-state index contributed by atoms with van der Waals surface area (Å²) in [5, 5.41) is 1.32. The number of carbonyl (C=O) groups is 1. The Morgan fingerprint density at radius 1 is 1.20 bits per heavy atom. The van der Waals surface area contributed by atoms with Crippen molar-refractivity contribution < 1.29 is 4.79 Å². The molecule has 0 bridgehead atoms. The Morgan fingerprint density at radius 2 is 1.92 bits per heavy atom. The van der Waals surface area contributed by atoms with Gasteiger partial charge < -0.3 is 4.98 Å². The van der Waals surface area contributed by atoms with Gasteiger partial charge in [0.2, 0.25) is 0 Å². The average Bonchev–Trinajstić information content (AvgIpc) is 2.98. The third-order valence-electron chi connectivity index (χ3n) is 5.36. The Labute approximate surface area is 151 Å². The quantitative estimate of drug-likeness (QED) is 0.688. The van der Waals surface area contributed by atoms with Gasteiger partial charge in [0.05, 0.1) is 0 Å². The maximum absolute atomic E-state index is 12.8. The summed E-state index contributed by atoms with van der Waals surface area (Å²) >= 11 is 0. The van der Waals surface area contributed by atoms with Gasteiger partial charge in [0.1, 0.15) is 0 Å². The highest BCUT2D eigenvalue weighted by Crippen LogP contribution is 2.34. The van der Waals surface area contributed by atoms with E-state index in [1.54, 1.807) is 0 Å². The number of rotatable bonds is 8. The van der Waals surface area contributed by atoms with E-state index in [1.165, 1.54) is 34.9 Å². The second-order valence-electron chi connectivity index (χ2n) is 7.95. The van der Waals surface area contributed by atoms with Crippen LogP contribution < -0.4 is 0 Å². The third kappa shape index (κ3) is 3.67. The summed E-state index contributed by atoms with van der Waals surface area (Å²) < 4.78 is 0. The SMILES string of the molecule is CCCN(CCC)C1Cc2c[nH]c3ccc(C(=O)CC(C)C)c(c23)C1. The van der Waals surface area contributed by atoms with Crippen LogP contribution in [0.1, 0.15) is 68.4 Å². The minimum atomic E-state index is 0.303. The Morgan fingerprint density at radius 3 is 2.56 bits per heavy atom. The van der Waals surface area contributed by atoms with Crippen LogP contribution >= 0.6 is 0 Å². The lowest BCUT2D eigenvalue weighted by atomic mass is 9.83. The number of nitrogens with zero attached hydrogens (tertiary/aromatic N) is 1. The number of Topliss-reactive ketones (excluding diaryl/α,β-unsaturated/α-hetero) is 1. The van der Waals surface area contributed by atoms with Crippen molar-refractivity contribution in [3.05, 3.63) is 35.0 Å². The fourth-order valence-electron chi connectivity index (χ4n) is 4.36. The maximum Gasteiger partial charge on any atom is 0.163 e. The molecule has 1 unspecified atom stereocenters. The molecule has 0 saturated carbocycles. The largest absolute Gasteiger partial charge is 0.361 e. The Kier molecular flexibility index (Phi) is 5.63. The van der Waals surface area contributed by atoms with Gasteiger partial charge >= 0.3 is 0 Å². The van der Waals surface area contributed by atoms with E-state index >= 15 is 0 Å². The molecule has 2 aromatic rings. The number of hydrogen-bond acceptors (Lipinski definition) is 2. The number of ketones is 1. The number of nitrogens with one attached hydrogen (secondary N) is 1. The first-order valence-corrected chi connectivity index (χ1v) is 9.94. The van der Waals surface area contributed by atoms with Crippen LogP contribution in [0.5, 0.6) is 0 Å². The van der Waals surface area contributed by atoms with Crippen molar-refractivity contribution >= 4 is 16.7 Å². The van der Waals surface area contributed by atoms with Gasteiger partial charge in [-0.15, -0.1) is 0 Å². The number of benzene rings is 1. The predicted molar refractivity (Wildman–Crippen MR) is 105 cm³/mol. The molecule has 1 aliphatic rings. The summed E-state index contributed by atoms with van der Waals surface area (Å²) in [6.45, 7) is 11.0. The van der Waals surface area contributed by atoms with Crippen molar-refractivity contribution in [3.63, 3.8) is 0 Å². The molecule has 1 aromatic heterocycles. The van der Waals surface area contributed by atoms with Crippen molar-refractivity contribution in [2.24, 2.45) is 5.92 Å². The molecule has 0 aliphatic heterocycles. The zero-order valence-electron chi connectivity index (χ0n) is 16.2. The molecular formula is C22H32N2O. The van der Waals surface area contributed by atoms with Gasteiger partial charge in [0.15, 0.2) is 5.78 Å². The average molecular weight is 341 g/mol. The second kappa shape index (κ2) is 7.74. The fraction of sp³-hybridized carbons (Fsp3) is 0.591.